The number of oxazole rings is 1. The lowest BCUT2D eigenvalue weighted by atomic mass is 9.95. The number of carbonyl (C=O) groups is 1. The largest absolute Gasteiger partial charge is 0.444 e. The van der Waals surface area contributed by atoms with Crippen molar-refractivity contribution >= 4 is 23.1 Å². The van der Waals surface area contributed by atoms with Crippen molar-refractivity contribution in [3.8, 4) is 11.3 Å². The summed E-state index contributed by atoms with van der Waals surface area (Å²) in [6.07, 6.45) is 6.69. The third-order valence-corrected chi connectivity index (χ3v) is 7.12. The second kappa shape index (κ2) is 12.4. The van der Waals surface area contributed by atoms with Crippen LogP contribution in [-0.4, -0.2) is 56.8 Å². The van der Waals surface area contributed by atoms with Crippen LogP contribution in [0.4, 0.5) is 4.39 Å². The van der Waals surface area contributed by atoms with Gasteiger partial charge in [0.05, 0.1) is 34.2 Å². The molecule has 0 saturated carbocycles. The van der Waals surface area contributed by atoms with E-state index in [9.17, 15) is 4.79 Å². The van der Waals surface area contributed by atoms with Crippen LogP contribution in [0.1, 0.15) is 45.9 Å². The summed E-state index contributed by atoms with van der Waals surface area (Å²) >= 11 is 6.55. The summed E-state index contributed by atoms with van der Waals surface area (Å²) in [7, 11) is 0. The molecule has 3 aromatic rings. The molecule has 2 aromatic heterocycles. The van der Waals surface area contributed by atoms with E-state index in [1.807, 2.05) is 20.8 Å². The van der Waals surface area contributed by atoms with E-state index < -0.39 is 11.7 Å². The Morgan fingerprint density at radius 1 is 1.18 bits per heavy atom. The number of aromatic nitrogens is 3. The van der Waals surface area contributed by atoms with Crippen LogP contribution in [-0.2, 0) is 13.0 Å². The number of halogens is 2. The van der Waals surface area contributed by atoms with Gasteiger partial charge in [-0.3, -0.25) is 9.69 Å². The van der Waals surface area contributed by atoms with Gasteiger partial charge in [0.1, 0.15) is 17.9 Å². The van der Waals surface area contributed by atoms with E-state index in [1.165, 1.54) is 18.6 Å². The van der Waals surface area contributed by atoms with E-state index >= 15 is 4.39 Å². The summed E-state index contributed by atoms with van der Waals surface area (Å²) in [5.74, 6) is 0.254. The molecule has 4 N–H and O–H groups in total. The molecule has 210 valence electrons. The zero-order valence-corrected chi connectivity index (χ0v) is 23.6. The lowest BCUT2D eigenvalue weighted by molar-refractivity contribution is 0.0613. The zero-order chi connectivity index (χ0) is 29.0. The predicted octanol–water partition coefficient (Wildman–Crippen LogP) is 4.39. The van der Waals surface area contributed by atoms with E-state index in [2.05, 4.69) is 26.4 Å². The minimum atomic E-state index is -0.729. The normalized spacial score (nSPS) is 14.7. The van der Waals surface area contributed by atoms with Gasteiger partial charge in [-0.1, -0.05) is 31.2 Å². The van der Waals surface area contributed by atoms with Gasteiger partial charge in [-0.15, -0.1) is 0 Å². The third kappa shape index (κ3) is 6.24. The second-order valence-electron chi connectivity index (χ2n) is 9.56. The summed E-state index contributed by atoms with van der Waals surface area (Å²) in [6, 6.07) is 2.82. The molecule has 3 heterocycles. The fourth-order valence-electron chi connectivity index (χ4n) is 4.61. The summed E-state index contributed by atoms with van der Waals surface area (Å²) in [4.78, 5) is 30.3. The molecule has 1 aliphatic rings. The molecule has 1 saturated heterocycles. The summed E-state index contributed by atoms with van der Waals surface area (Å²) in [5.41, 5.74) is 15.4. The van der Waals surface area contributed by atoms with Gasteiger partial charge in [0.2, 0.25) is 5.89 Å². The molecule has 1 aliphatic heterocycles. The summed E-state index contributed by atoms with van der Waals surface area (Å²) in [6.45, 7) is 12.0. The van der Waals surface area contributed by atoms with E-state index in [4.69, 9.17) is 27.5 Å². The summed E-state index contributed by atoms with van der Waals surface area (Å²) in [5, 5.41) is -0.0000626. The van der Waals surface area contributed by atoms with Crippen molar-refractivity contribution in [1.29, 1.82) is 0 Å². The maximum Gasteiger partial charge on any atom is 0.258 e. The highest BCUT2D eigenvalue weighted by atomic mass is 35.5. The van der Waals surface area contributed by atoms with Crippen molar-refractivity contribution in [3.63, 3.8) is 0 Å². The molecule has 0 radical (unpaired) electrons. The molecular formula is C29H33ClFN7O2. The lowest BCUT2D eigenvalue weighted by Crippen LogP contribution is -2.48. The predicted molar refractivity (Wildman–Crippen MR) is 154 cm³/mol. The minimum absolute atomic E-state index is 0.0000626. The van der Waals surface area contributed by atoms with Crippen LogP contribution in [0.15, 0.2) is 53.5 Å². The molecule has 1 amide bonds. The first-order valence-corrected chi connectivity index (χ1v) is 13.3. The van der Waals surface area contributed by atoms with Crippen LogP contribution in [0.5, 0.6) is 0 Å². The molecule has 0 spiro atoms. The molecule has 0 aliphatic carbocycles. The average Bonchev–Trinajstić information content (AvgIpc) is 3.24. The van der Waals surface area contributed by atoms with E-state index in [1.54, 1.807) is 23.1 Å². The number of rotatable bonds is 8. The topological polar surface area (TPSA) is 127 Å². The zero-order valence-electron chi connectivity index (χ0n) is 22.9. The molecule has 4 rings (SSSR count). The van der Waals surface area contributed by atoms with Crippen LogP contribution in [0.3, 0.4) is 0 Å². The number of hydrogen-bond donors (Lipinski definition) is 2. The molecule has 11 heteroatoms. The maximum absolute atomic E-state index is 15.6. The highest BCUT2D eigenvalue weighted by Gasteiger charge is 2.28. The fraction of sp³-hybridized carbons (Fsp3) is 0.310. The lowest BCUT2D eigenvalue weighted by Gasteiger charge is -2.34. The van der Waals surface area contributed by atoms with Crippen LogP contribution in [0.25, 0.3) is 16.8 Å². The third-order valence-electron chi connectivity index (χ3n) is 6.83. The first-order chi connectivity index (χ1) is 19.1. The molecule has 1 fully saturated rings. The fourth-order valence-corrected chi connectivity index (χ4v) is 4.90. The number of piperazine rings is 1. The van der Waals surface area contributed by atoms with E-state index in [-0.39, 0.29) is 10.6 Å². The number of nitrogens with zero attached hydrogens (tertiary/aromatic N) is 5. The highest BCUT2D eigenvalue weighted by molar-refractivity contribution is 6.34. The Morgan fingerprint density at radius 2 is 1.90 bits per heavy atom. The smallest absolute Gasteiger partial charge is 0.258 e. The molecule has 40 heavy (non-hydrogen) atoms. The SMILES string of the molecule is C=C(N)/C=C\C(=C/N)c1c(CC)ncnc1-c1cc(F)c(C(=O)N2CCN(Cc3nc(C)c(C)o3)CC2)c(Cl)c1. The van der Waals surface area contributed by atoms with Gasteiger partial charge in [0.15, 0.2) is 0 Å². The van der Waals surface area contributed by atoms with E-state index in [0.29, 0.717) is 78.8 Å². The van der Waals surface area contributed by atoms with Gasteiger partial charge < -0.3 is 20.8 Å². The van der Waals surface area contributed by atoms with Gasteiger partial charge >= 0.3 is 0 Å². The number of hydrogen-bond acceptors (Lipinski definition) is 8. The molecule has 0 bridgehead atoms. The molecule has 0 unspecified atom stereocenters. The molecule has 9 nitrogen and oxygen atoms in total. The highest BCUT2D eigenvalue weighted by Crippen LogP contribution is 2.34. The Bertz CT molecular complexity index is 1450. The van der Waals surface area contributed by atoms with E-state index in [0.717, 1.165) is 11.5 Å². The minimum Gasteiger partial charge on any atom is -0.444 e. The van der Waals surface area contributed by atoms with Crippen molar-refractivity contribution in [2.75, 3.05) is 26.2 Å². The number of amides is 1. The number of allylic oxidation sites excluding steroid dienone is 3. The average molecular weight is 566 g/mol. The van der Waals surface area contributed by atoms with Crippen molar-refractivity contribution in [3.05, 3.63) is 94.1 Å². The van der Waals surface area contributed by atoms with Gasteiger partial charge in [-0.25, -0.2) is 19.3 Å². The number of benzene rings is 1. The Morgan fingerprint density at radius 3 is 2.48 bits per heavy atom. The van der Waals surface area contributed by atoms with Gasteiger partial charge in [0.25, 0.3) is 5.91 Å². The molecular weight excluding hydrogens is 533 g/mol. The standard InChI is InChI=1S/C29H33ClFN7O2/c1-5-24-26(20(14-32)7-6-17(2)33)28(35-16-34-24)21-12-22(30)27(23(31)13-21)29(39)38-10-8-37(9-11-38)15-25-36-18(3)19(4)40-25/h6-7,12-14,16H,2,5,8-11,15,32-33H2,1,3-4H3/b7-6-,20-14+. The first kappa shape index (κ1) is 29.0. The van der Waals surface area contributed by atoms with Crippen LogP contribution in [0.2, 0.25) is 5.02 Å². The van der Waals surface area contributed by atoms with Crippen LogP contribution in [0, 0.1) is 19.7 Å². The number of nitrogens with two attached hydrogens (primary N) is 2. The molecule has 1 aromatic carbocycles. The number of carbonyl (C=O) groups excluding carboxylic acids is 1. The van der Waals surface area contributed by atoms with Gasteiger partial charge in [-0.05, 0) is 38.5 Å². The Balaban J connectivity index is 1.57. The summed E-state index contributed by atoms with van der Waals surface area (Å²) < 4.78 is 21.2. The quantitative estimate of drug-likeness (QED) is 0.385. The van der Waals surface area contributed by atoms with Crippen LogP contribution >= 0.6 is 11.6 Å². The van der Waals surface area contributed by atoms with Crippen molar-refractivity contribution in [1.82, 2.24) is 24.8 Å². The van der Waals surface area contributed by atoms with Gasteiger partial charge in [0, 0.05) is 54.8 Å². The van der Waals surface area contributed by atoms with Crippen molar-refractivity contribution in [2.45, 2.75) is 33.7 Å². The second-order valence-corrected chi connectivity index (χ2v) is 9.97. The van der Waals surface area contributed by atoms with Crippen molar-refractivity contribution in [2.24, 2.45) is 11.5 Å². The maximum atomic E-state index is 15.6. The van der Waals surface area contributed by atoms with Gasteiger partial charge in [-0.2, -0.15) is 0 Å². The van der Waals surface area contributed by atoms with Crippen molar-refractivity contribution < 1.29 is 13.6 Å². The Hall–Kier alpha value is -4.02. The van der Waals surface area contributed by atoms with Crippen LogP contribution < -0.4 is 11.5 Å². The Labute approximate surface area is 238 Å². The monoisotopic (exact) mass is 565 g/mol. The first-order valence-electron chi connectivity index (χ1n) is 12.9. The number of aryl methyl sites for hydroxylation is 3. The Kier molecular flexibility index (Phi) is 9.01. The molecule has 0 atom stereocenters.